The van der Waals surface area contributed by atoms with Gasteiger partial charge in [-0.15, -0.1) is 11.3 Å². The third-order valence-electron chi connectivity index (χ3n) is 3.65. The van der Waals surface area contributed by atoms with Crippen molar-refractivity contribution in [2.75, 3.05) is 18.0 Å². The minimum Gasteiger partial charge on any atom is -0.481 e. The molecule has 18 heavy (non-hydrogen) atoms. The van der Waals surface area contributed by atoms with E-state index in [-0.39, 0.29) is 0 Å². The molecule has 2 aromatic heterocycles. The number of aromatic nitrogens is 1. The average Bonchev–Trinajstić information content (AvgIpc) is 2.95. The van der Waals surface area contributed by atoms with Crippen LogP contribution in [0.25, 0.3) is 10.2 Å². The number of hydrogen-bond acceptors (Lipinski definition) is 4. The smallest absolute Gasteiger partial charge is 0.311 e. The van der Waals surface area contributed by atoms with Crippen molar-refractivity contribution in [3.05, 3.63) is 23.7 Å². The Bertz CT molecular complexity index is 610. The van der Waals surface area contributed by atoms with Crippen LogP contribution in [0.1, 0.15) is 13.3 Å². The Kier molecular flexibility index (Phi) is 2.52. The Hall–Kier alpha value is -1.62. The highest BCUT2D eigenvalue weighted by atomic mass is 32.1. The fourth-order valence-corrected chi connectivity index (χ4v) is 3.34. The van der Waals surface area contributed by atoms with Crippen LogP contribution in [0.4, 0.5) is 5.69 Å². The number of carboxylic acids is 1. The van der Waals surface area contributed by atoms with E-state index in [1.165, 1.54) is 0 Å². The van der Waals surface area contributed by atoms with E-state index in [0.717, 1.165) is 22.4 Å². The monoisotopic (exact) mass is 262 g/mol. The number of hydrogen-bond donors (Lipinski definition) is 1. The molecule has 0 amide bonds. The quantitative estimate of drug-likeness (QED) is 0.904. The maximum Gasteiger partial charge on any atom is 0.311 e. The summed E-state index contributed by atoms with van der Waals surface area (Å²) in [4.78, 5) is 17.8. The molecular weight excluding hydrogens is 248 g/mol. The number of thiophene rings is 1. The summed E-state index contributed by atoms with van der Waals surface area (Å²) in [6, 6.07) is 3.97. The number of aliphatic carboxylic acids is 1. The van der Waals surface area contributed by atoms with Gasteiger partial charge in [-0.2, -0.15) is 0 Å². The van der Waals surface area contributed by atoms with Crippen LogP contribution in [-0.2, 0) is 4.79 Å². The van der Waals surface area contributed by atoms with E-state index in [0.29, 0.717) is 13.0 Å². The van der Waals surface area contributed by atoms with E-state index in [9.17, 15) is 9.90 Å². The predicted octanol–water partition coefficient (Wildman–Crippen LogP) is 2.60. The Balaban J connectivity index is 1.98. The molecule has 2 aromatic rings. The highest BCUT2D eigenvalue weighted by Crippen LogP contribution is 2.37. The first-order valence-electron chi connectivity index (χ1n) is 5.91. The molecule has 1 saturated heterocycles. The van der Waals surface area contributed by atoms with Crippen LogP contribution in [0.2, 0.25) is 0 Å². The highest BCUT2D eigenvalue weighted by molar-refractivity contribution is 7.17. The second-order valence-electron chi connectivity index (χ2n) is 5.00. The second kappa shape index (κ2) is 3.95. The molecule has 1 fully saturated rings. The Morgan fingerprint density at radius 3 is 3.11 bits per heavy atom. The molecule has 5 heteroatoms. The van der Waals surface area contributed by atoms with Gasteiger partial charge < -0.3 is 10.0 Å². The number of pyridine rings is 1. The maximum atomic E-state index is 11.3. The summed E-state index contributed by atoms with van der Waals surface area (Å²) < 4.78 is 1.15. The van der Waals surface area contributed by atoms with Crippen molar-refractivity contribution in [3.63, 3.8) is 0 Å². The molecular formula is C13H14N2O2S. The van der Waals surface area contributed by atoms with Crippen molar-refractivity contribution in [1.29, 1.82) is 0 Å². The standard InChI is InChI=1S/C13H14N2O2S/c1-13(12(16)17)4-6-15(8-13)10-2-5-14-9-3-7-18-11(9)10/h2-3,5,7H,4,6,8H2,1H3,(H,16,17). The van der Waals surface area contributed by atoms with Gasteiger partial charge in [0.15, 0.2) is 0 Å². The minimum atomic E-state index is -0.707. The molecule has 1 N–H and O–H groups in total. The SMILES string of the molecule is CC1(C(=O)O)CCN(c2ccnc3ccsc23)C1. The maximum absolute atomic E-state index is 11.3. The topological polar surface area (TPSA) is 53.4 Å². The number of carboxylic acid groups (broad SMARTS) is 1. The third kappa shape index (κ3) is 1.66. The number of nitrogens with zero attached hydrogens (tertiary/aromatic N) is 2. The van der Waals surface area contributed by atoms with Gasteiger partial charge in [-0.25, -0.2) is 0 Å². The van der Waals surface area contributed by atoms with E-state index in [2.05, 4.69) is 9.88 Å². The zero-order chi connectivity index (χ0) is 12.8. The number of carbonyl (C=O) groups is 1. The number of anilines is 1. The Labute approximate surface area is 109 Å². The van der Waals surface area contributed by atoms with Gasteiger partial charge in [0.25, 0.3) is 0 Å². The van der Waals surface area contributed by atoms with Gasteiger partial charge in [0.05, 0.1) is 21.3 Å². The van der Waals surface area contributed by atoms with Crippen molar-refractivity contribution in [3.8, 4) is 0 Å². The first-order chi connectivity index (χ1) is 8.60. The van der Waals surface area contributed by atoms with E-state index in [1.807, 2.05) is 24.4 Å². The largest absolute Gasteiger partial charge is 0.481 e. The van der Waals surface area contributed by atoms with E-state index in [1.54, 1.807) is 17.5 Å². The van der Waals surface area contributed by atoms with E-state index >= 15 is 0 Å². The molecule has 0 radical (unpaired) electrons. The molecule has 3 heterocycles. The molecule has 0 saturated carbocycles. The summed E-state index contributed by atoms with van der Waals surface area (Å²) in [7, 11) is 0. The number of rotatable bonds is 2. The van der Waals surface area contributed by atoms with Gasteiger partial charge in [0, 0.05) is 19.3 Å². The molecule has 94 valence electrons. The van der Waals surface area contributed by atoms with Gasteiger partial charge in [-0.3, -0.25) is 9.78 Å². The summed E-state index contributed by atoms with van der Waals surface area (Å²) in [5.41, 5.74) is 1.47. The zero-order valence-corrected chi connectivity index (χ0v) is 10.9. The molecule has 4 nitrogen and oxygen atoms in total. The molecule has 0 aliphatic carbocycles. The van der Waals surface area contributed by atoms with Crippen LogP contribution >= 0.6 is 11.3 Å². The summed E-state index contributed by atoms with van der Waals surface area (Å²) >= 11 is 1.66. The molecule has 0 bridgehead atoms. The van der Waals surface area contributed by atoms with Crippen molar-refractivity contribution >= 4 is 33.2 Å². The highest BCUT2D eigenvalue weighted by Gasteiger charge is 2.40. The lowest BCUT2D eigenvalue weighted by atomic mass is 9.90. The van der Waals surface area contributed by atoms with Crippen molar-refractivity contribution in [2.24, 2.45) is 5.41 Å². The van der Waals surface area contributed by atoms with Gasteiger partial charge in [0.1, 0.15) is 0 Å². The third-order valence-corrected chi connectivity index (χ3v) is 4.58. The molecule has 3 rings (SSSR count). The van der Waals surface area contributed by atoms with Crippen LogP contribution in [-0.4, -0.2) is 29.1 Å². The predicted molar refractivity (Wildman–Crippen MR) is 72.2 cm³/mol. The Morgan fingerprint density at radius 2 is 2.39 bits per heavy atom. The molecule has 0 spiro atoms. The van der Waals surface area contributed by atoms with Crippen molar-refractivity contribution < 1.29 is 9.90 Å². The van der Waals surface area contributed by atoms with Gasteiger partial charge in [-0.1, -0.05) is 0 Å². The fourth-order valence-electron chi connectivity index (χ4n) is 2.45. The van der Waals surface area contributed by atoms with Crippen LogP contribution in [0, 0.1) is 5.41 Å². The fraction of sp³-hybridized carbons (Fsp3) is 0.385. The summed E-state index contributed by atoms with van der Waals surface area (Å²) in [5, 5.41) is 11.3. The van der Waals surface area contributed by atoms with Crippen LogP contribution in [0.3, 0.4) is 0 Å². The van der Waals surface area contributed by atoms with Crippen molar-refractivity contribution in [2.45, 2.75) is 13.3 Å². The summed E-state index contributed by atoms with van der Waals surface area (Å²) in [5.74, 6) is -0.707. The molecule has 1 aliphatic heterocycles. The summed E-state index contributed by atoms with van der Waals surface area (Å²) in [6.45, 7) is 3.18. The zero-order valence-electron chi connectivity index (χ0n) is 10.1. The van der Waals surface area contributed by atoms with Gasteiger partial charge in [-0.05, 0) is 30.9 Å². The van der Waals surface area contributed by atoms with E-state index < -0.39 is 11.4 Å². The molecule has 0 aromatic carbocycles. The molecule has 1 unspecified atom stereocenters. The first kappa shape index (κ1) is 11.5. The first-order valence-corrected chi connectivity index (χ1v) is 6.79. The lowest BCUT2D eigenvalue weighted by molar-refractivity contribution is -0.146. The molecule has 1 atom stereocenters. The minimum absolute atomic E-state index is 0.569. The lowest BCUT2D eigenvalue weighted by Crippen LogP contribution is -2.31. The second-order valence-corrected chi connectivity index (χ2v) is 5.92. The molecule has 1 aliphatic rings. The normalized spacial score (nSPS) is 23.7. The average molecular weight is 262 g/mol. The van der Waals surface area contributed by atoms with Crippen LogP contribution < -0.4 is 4.90 Å². The van der Waals surface area contributed by atoms with Crippen molar-refractivity contribution in [1.82, 2.24) is 4.98 Å². The van der Waals surface area contributed by atoms with Crippen LogP contribution in [0.15, 0.2) is 23.7 Å². The van der Waals surface area contributed by atoms with Crippen LogP contribution in [0.5, 0.6) is 0 Å². The number of fused-ring (bicyclic) bond motifs is 1. The van der Waals surface area contributed by atoms with Gasteiger partial charge >= 0.3 is 5.97 Å². The Morgan fingerprint density at radius 1 is 1.56 bits per heavy atom. The lowest BCUT2D eigenvalue weighted by Gasteiger charge is -2.22. The summed E-state index contributed by atoms with van der Waals surface area (Å²) in [6.07, 6.45) is 2.48. The van der Waals surface area contributed by atoms with Gasteiger partial charge in [0.2, 0.25) is 0 Å². The van der Waals surface area contributed by atoms with E-state index in [4.69, 9.17) is 0 Å².